The fourth-order valence-corrected chi connectivity index (χ4v) is 2.92. The summed E-state index contributed by atoms with van der Waals surface area (Å²) < 4.78 is 16.2. The Hall–Kier alpha value is -0.650. The first-order valence-electron chi connectivity index (χ1n) is 7.23. The Labute approximate surface area is 115 Å². The zero-order valence-corrected chi connectivity index (χ0v) is 12.0. The van der Waals surface area contributed by atoms with E-state index in [1.165, 1.54) is 6.42 Å². The molecule has 5 heteroatoms. The Bertz CT molecular complexity index is 297. The number of ether oxygens (including phenoxy) is 3. The average molecular weight is 271 g/mol. The minimum Gasteiger partial charge on any atom is -0.382 e. The van der Waals surface area contributed by atoms with E-state index in [0.717, 1.165) is 32.5 Å². The molecule has 2 fully saturated rings. The van der Waals surface area contributed by atoms with Gasteiger partial charge in [-0.15, -0.1) is 0 Å². The largest absolute Gasteiger partial charge is 0.382 e. The van der Waals surface area contributed by atoms with Crippen LogP contribution < -0.4 is 0 Å². The Morgan fingerprint density at radius 3 is 3.05 bits per heavy atom. The van der Waals surface area contributed by atoms with Gasteiger partial charge >= 0.3 is 0 Å². The molecule has 5 nitrogen and oxygen atoms in total. The molecule has 0 aromatic heterocycles. The predicted octanol–water partition coefficient (Wildman–Crippen LogP) is 1.07. The van der Waals surface area contributed by atoms with Crippen LogP contribution in [-0.2, 0) is 19.0 Å². The molecule has 2 aliphatic rings. The number of methoxy groups -OCH3 is 1. The minimum atomic E-state index is -0.379. The van der Waals surface area contributed by atoms with Crippen molar-refractivity contribution in [1.82, 2.24) is 4.90 Å². The number of hydrogen-bond donors (Lipinski definition) is 0. The predicted molar refractivity (Wildman–Crippen MR) is 71.0 cm³/mol. The zero-order chi connectivity index (χ0) is 13.7. The summed E-state index contributed by atoms with van der Waals surface area (Å²) in [5, 5.41) is 0. The van der Waals surface area contributed by atoms with Crippen LogP contribution in [0.4, 0.5) is 0 Å². The normalized spacial score (nSPS) is 28.8. The summed E-state index contributed by atoms with van der Waals surface area (Å²) in [6.45, 7) is 5.30. The van der Waals surface area contributed by atoms with Crippen molar-refractivity contribution in [3.05, 3.63) is 0 Å². The van der Waals surface area contributed by atoms with Gasteiger partial charge in [0.15, 0.2) is 0 Å². The molecule has 2 aliphatic heterocycles. The van der Waals surface area contributed by atoms with E-state index in [1.54, 1.807) is 7.11 Å². The molecule has 2 heterocycles. The summed E-state index contributed by atoms with van der Waals surface area (Å²) >= 11 is 0. The van der Waals surface area contributed by atoms with Gasteiger partial charge in [-0.1, -0.05) is 0 Å². The van der Waals surface area contributed by atoms with Crippen LogP contribution in [0, 0.1) is 5.92 Å². The van der Waals surface area contributed by atoms with E-state index in [2.05, 4.69) is 0 Å². The maximum Gasteiger partial charge on any atom is 0.251 e. The van der Waals surface area contributed by atoms with Crippen molar-refractivity contribution in [2.24, 2.45) is 5.92 Å². The van der Waals surface area contributed by atoms with Gasteiger partial charge in [0.05, 0.1) is 19.3 Å². The third-order valence-electron chi connectivity index (χ3n) is 4.03. The van der Waals surface area contributed by atoms with Crippen LogP contribution >= 0.6 is 0 Å². The van der Waals surface area contributed by atoms with E-state index in [4.69, 9.17) is 14.2 Å². The lowest BCUT2D eigenvalue weighted by atomic mass is 9.88. The summed E-state index contributed by atoms with van der Waals surface area (Å²) in [4.78, 5) is 14.2. The third kappa shape index (κ3) is 3.91. The first kappa shape index (κ1) is 14.8. The Kier molecular flexibility index (Phi) is 5.60. The van der Waals surface area contributed by atoms with Crippen LogP contribution in [0.3, 0.4) is 0 Å². The first-order chi connectivity index (χ1) is 9.22. The molecular weight excluding hydrogens is 246 g/mol. The molecule has 0 aromatic carbocycles. The van der Waals surface area contributed by atoms with Gasteiger partial charge in [-0.2, -0.15) is 0 Å². The SMILES string of the molecule is COCCO[C@H](C)C(=O)N1CC[C@H]2OCCC[C@H]2C1. The van der Waals surface area contributed by atoms with Crippen LogP contribution in [0.25, 0.3) is 0 Å². The molecule has 0 N–H and O–H groups in total. The molecule has 0 bridgehead atoms. The van der Waals surface area contributed by atoms with E-state index < -0.39 is 0 Å². The maximum atomic E-state index is 12.3. The molecule has 0 unspecified atom stereocenters. The monoisotopic (exact) mass is 271 g/mol. The molecule has 0 radical (unpaired) electrons. The molecule has 2 saturated heterocycles. The fourth-order valence-electron chi connectivity index (χ4n) is 2.92. The van der Waals surface area contributed by atoms with Gasteiger partial charge in [-0.05, 0) is 26.2 Å². The molecule has 2 rings (SSSR count). The van der Waals surface area contributed by atoms with Gasteiger partial charge in [0.1, 0.15) is 6.10 Å². The smallest absolute Gasteiger partial charge is 0.251 e. The number of hydrogen-bond acceptors (Lipinski definition) is 4. The van der Waals surface area contributed by atoms with Crippen LogP contribution in [0.15, 0.2) is 0 Å². The van der Waals surface area contributed by atoms with Crippen molar-refractivity contribution in [2.75, 3.05) is 40.0 Å². The fraction of sp³-hybridized carbons (Fsp3) is 0.929. The maximum absolute atomic E-state index is 12.3. The average Bonchev–Trinajstić information content (AvgIpc) is 2.46. The summed E-state index contributed by atoms with van der Waals surface area (Å²) in [6, 6.07) is 0. The van der Waals surface area contributed by atoms with Gasteiger partial charge in [-0.25, -0.2) is 0 Å². The van der Waals surface area contributed by atoms with E-state index in [-0.39, 0.29) is 12.0 Å². The standard InChI is InChI=1S/C14H25NO4/c1-11(18-9-8-17-2)14(16)15-6-5-13-12(10-15)4-3-7-19-13/h11-13H,3-10H2,1-2H3/t11-,12+,13-/m1/s1. The number of fused-ring (bicyclic) bond motifs is 1. The van der Waals surface area contributed by atoms with Crippen molar-refractivity contribution in [2.45, 2.75) is 38.4 Å². The van der Waals surface area contributed by atoms with E-state index in [0.29, 0.717) is 25.2 Å². The second kappa shape index (κ2) is 7.22. The molecule has 0 saturated carbocycles. The van der Waals surface area contributed by atoms with Gasteiger partial charge in [-0.3, -0.25) is 4.79 Å². The molecule has 0 spiro atoms. The Morgan fingerprint density at radius 1 is 1.42 bits per heavy atom. The van der Waals surface area contributed by atoms with Crippen LogP contribution in [0.2, 0.25) is 0 Å². The van der Waals surface area contributed by atoms with Crippen molar-refractivity contribution in [1.29, 1.82) is 0 Å². The van der Waals surface area contributed by atoms with Gasteiger partial charge < -0.3 is 19.1 Å². The number of amides is 1. The zero-order valence-electron chi connectivity index (χ0n) is 12.0. The Morgan fingerprint density at radius 2 is 2.26 bits per heavy atom. The minimum absolute atomic E-state index is 0.0973. The summed E-state index contributed by atoms with van der Waals surface area (Å²) in [6.07, 6.45) is 3.23. The van der Waals surface area contributed by atoms with Gasteiger partial charge in [0.2, 0.25) is 0 Å². The molecule has 0 aromatic rings. The van der Waals surface area contributed by atoms with Crippen LogP contribution in [0.1, 0.15) is 26.2 Å². The first-order valence-corrected chi connectivity index (χ1v) is 7.23. The van der Waals surface area contributed by atoms with Gasteiger partial charge in [0, 0.05) is 32.7 Å². The quantitative estimate of drug-likeness (QED) is 0.702. The highest BCUT2D eigenvalue weighted by molar-refractivity contribution is 5.80. The van der Waals surface area contributed by atoms with Crippen LogP contribution in [-0.4, -0.2) is 63.0 Å². The highest BCUT2D eigenvalue weighted by atomic mass is 16.5. The number of likely N-dealkylation sites (tertiary alicyclic amines) is 1. The Balaban J connectivity index is 1.79. The lowest BCUT2D eigenvalue weighted by Crippen LogP contribution is -2.51. The highest BCUT2D eigenvalue weighted by Gasteiger charge is 2.35. The van der Waals surface area contributed by atoms with Crippen molar-refractivity contribution in [3.8, 4) is 0 Å². The molecular formula is C14H25NO4. The number of carbonyl (C=O) groups is 1. The molecule has 3 atom stereocenters. The topological polar surface area (TPSA) is 48.0 Å². The van der Waals surface area contributed by atoms with Gasteiger partial charge in [0.25, 0.3) is 5.91 Å². The second-order valence-corrected chi connectivity index (χ2v) is 5.39. The number of rotatable bonds is 5. The molecule has 110 valence electrons. The van der Waals surface area contributed by atoms with Crippen molar-refractivity contribution in [3.63, 3.8) is 0 Å². The summed E-state index contributed by atoms with van der Waals surface area (Å²) in [5.41, 5.74) is 0. The van der Waals surface area contributed by atoms with E-state index in [9.17, 15) is 4.79 Å². The van der Waals surface area contributed by atoms with Crippen molar-refractivity contribution < 1.29 is 19.0 Å². The van der Waals surface area contributed by atoms with Crippen molar-refractivity contribution >= 4 is 5.91 Å². The third-order valence-corrected chi connectivity index (χ3v) is 4.03. The summed E-state index contributed by atoms with van der Waals surface area (Å²) in [5.74, 6) is 0.609. The highest BCUT2D eigenvalue weighted by Crippen LogP contribution is 2.28. The second-order valence-electron chi connectivity index (χ2n) is 5.39. The van der Waals surface area contributed by atoms with Crippen LogP contribution in [0.5, 0.6) is 0 Å². The molecule has 1 amide bonds. The lowest BCUT2D eigenvalue weighted by Gasteiger charge is -2.41. The number of nitrogens with zero attached hydrogens (tertiary/aromatic N) is 1. The molecule has 0 aliphatic carbocycles. The number of carbonyl (C=O) groups excluding carboxylic acids is 1. The lowest BCUT2D eigenvalue weighted by molar-refractivity contribution is -0.150. The van der Waals surface area contributed by atoms with E-state index >= 15 is 0 Å². The number of piperidine rings is 1. The summed E-state index contributed by atoms with van der Waals surface area (Å²) in [7, 11) is 1.63. The van der Waals surface area contributed by atoms with E-state index in [1.807, 2.05) is 11.8 Å². The molecule has 19 heavy (non-hydrogen) atoms.